The molecular weight excluding hydrogens is 312 g/mol. The molecule has 0 fully saturated rings. The molecule has 0 saturated carbocycles. The predicted molar refractivity (Wildman–Crippen MR) is 108 cm³/mol. The van der Waals surface area contributed by atoms with Crippen molar-refractivity contribution in [3.8, 4) is 0 Å². The van der Waals surface area contributed by atoms with Gasteiger partial charge in [0.1, 0.15) is 6.10 Å². The zero-order chi connectivity index (χ0) is 18.4. The second-order valence-corrected chi connectivity index (χ2v) is 7.05. The topological polar surface area (TPSA) is 38.7 Å². The average molecular weight is 357 g/mol. The Hall–Kier alpha value is -0.380. The molecule has 0 bridgehead atoms. The van der Waals surface area contributed by atoms with Crippen LogP contribution in [0.5, 0.6) is 0 Å². The molecule has 0 aliphatic rings. The number of allylic oxidation sites excluding steroid dienone is 2. The predicted octanol–water partition coefficient (Wildman–Crippen LogP) is 6.05. The molecule has 0 aromatic carbocycles. The van der Waals surface area contributed by atoms with Gasteiger partial charge in [-0.05, 0) is 32.1 Å². The van der Waals surface area contributed by atoms with E-state index in [0.29, 0.717) is 6.61 Å². The van der Waals surface area contributed by atoms with Crippen LogP contribution >= 0.6 is 0 Å². The van der Waals surface area contributed by atoms with E-state index in [9.17, 15) is 0 Å². The van der Waals surface area contributed by atoms with Crippen LogP contribution in [0, 0.1) is 0 Å². The zero-order valence-electron chi connectivity index (χ0n) is 17.0. The minimum atomic E-state index is -0.172. The van der Waals surface area contributed by atoms with Gasteiger partial charge >= 0.3 is 0 Å². The summed E-state index contributed by atoms with van der Waals surface area (Å²) in [6, 6.07) is 0. The Bertz CT molecular complexity index is 262. The summed E-state index contributed by atoms with van der Waals surface area (Å²) in [4.78, 5) is 0. The molecule has 0 heterocycles. The molecular formula is C22H44O3. The van der Waals surface area contributed by atoms with Crippen LogP contribution in [0.4, 0.5) is 0 Å². The Labute approximate surface area is 157 Å². The fourth-order valence-corrected chi connectivity index (χ4v) is 2.86. The number of hydrogen-bond donors (Lipinski definition) is 1. The molecule has 1 N–H and O–H groups in total. The third-order valence-corrected chi connectivity index (χ3v) is 4.64. The monoisotopic (exact) mass is 356 g/mol. The van der Waals surface area contributed by atoms with Crippen molar-refractivity contribution in [2.45, 2.75) is 103 Å². The van der Waals surface area contributed by atoms with Crippen LogP contribution < -0.4 is 0 Å². The van der Waals surface area contributed by atoms with Crippen LogP contribution in [0.25, 0.3) is 0 Å². The number of methoxy groups -OCH3 is 1. The van der Waals surface area contributed by atoms with Gasteiger partial charge in [-0.2, -0.15) is 0 Å². The van der Waals surface area contributed by atoms with Crippen molar-refractivity contribution in [1.29, 1.82) is 0 Å². The number of aliphatic hydroxyl groups excluding tert-OH is 1. The molecule has 25 heavy (non-hydrogen) atoms. The van der Waals surface area contributed by atoms with E-state index in [4.69, 9.17) is 14.6 Å². The minimum absolute atomic E-state index is 0.0317. The van der Waals surface area contributed by atoms with Crippen molar-refractivity contribution in [2.24, 2.45) is 0 Å². The van der Waals surface area contributed by atoms with Gasteiger partial charge in [-0.15, -0.1) is 0 Å². The van der Waals surface area contributed by atoms with Crippen LogP contribution in [0.2, 0.25) is 0 Å². The van der Waals surface area contributed by atoms with Gasteiger partial charge in [0.2, 0.25) is 0 Å². The Morgan fingerprint density at radius 2 is 1.28 bits per heavy atom. The highest BCUT2D eigenvalue weighted by Gasteiger charge is 2.04. The van der Waals surface area contributed by atoms with E-state index in [1.807, 2.05) is 0 Å². The van der Waals surface area contributed by atoms with E-state index in [2.05, 4.69) is 19.1 Å². The summed E-state index contributed by atoms with van der Waals surface area (Å²) < 4.78 is 10.6. The van der Waals surface area contributed by atoms with Crippen LogP contribution in [0.1, 0.15) is 96.8 Å². The normalized spacial score (nSPS) is 12.9. The van der Waals surface area contributed by atoms with Gasteiger partial charge in [-0.3, -0.25) is 0 Å². The summed E-state index contributed by atoms with van der Waals surface area (Å²) in [6.07, 6.45) is 23.1. The molecule has 1 unspecified atom stereocenters. The summed E-state index contributed by atoms with van der Waals surface area (Å²) in [5.41, 5.74) is 0. The summed E-state index contributed by atoms with van der Waals surface area (Å²) in [7, 11) is 1.61. The SMILES string of the molecule is CCCCCCCC/C=C\CCCCCCCCOCC(CO)OC. The maximum Gasteiger partial charge on any atom is 0.103 e. The Balaban J connectivity index is 3.12. The lowest BCUT2D eigenvalue weighted by Crippen LogP contribution is -2.22. The first-order valence-corrected chi connectivity index (χ1v) is 10.7. The molecule has 3 nitrogen and oxygen atoms in total. The number of rotatable bonds is 20. The van der Waals surface area contributed by atoms with Crippen molar-refractivity contribution >= 4 is 0 Å². The second kappa shape index (κ2) is 21.7. The average Bonchev–Trinajstić information content (AvgIpc) is 2.64. The Morgan fingerprint density at radius 3 is 1.80 bits per heavy atom. The molecule has 0 aliphatic carbocycles. The van der Waals surface area contributed by atoms with E-state index in [1.54, 1.807) is 7.11 Å². The molecule has 0 aliphatic heterocycles. The highest BCUT2D eigenvalue weighted by atomic mass is 16.5. The molecule has 1 atom stereocenters. The number of ether oxygens (including phenoxy) is 2. The van der Waals surface area contributed by atoms with Gasteiger partial charge in [-0.25, -0.2) is 0 Å². The van der Waals surface area contributed by atoms with Gasteiger partial charge in [0.05, 0.1) is 13.2 Å². The van der Waals surface area contributed by atoms with E-state index >= 15 is 0 Å². The molecule has 0 amide bonds. The standard InChI is InChI=1S/C22H44O3/c1-3-4-5-6-7-8-9-10-11-12-13-14-15-16-17-18-19-25-21-22(20-23)24-2/h10-11,22-23H,3-9,12-21H2,1-2H3/b11-10-. The zero-order valence-corrected chi connectivity index (χ0v) is 17.0. The molecule has 0 saturated heterocycles. The minimum Gasteiger partial charge on any atom is -0.394 e. The van der Waals surface area contributed by atoms with Crippen molar-refractivity contribution in [2.75, 3.05) is 26.9 Å². The van der Waals surface area contributed by atoms with Crippen LogP contribution in [0.3, 0.4) is 0 Å². The summed E-state index contributed by atoms with van der Waals surface area (Å²) in [5.74, 6) is 0. The van der Waals surface area contributed by atoms with E-state index in [-0.39, 0.29) is 12.7 Å². The Kier molecular flexibility index (Phi) is 21.3. The summed E-state index contributed by atoms with van der Waals surface area (Å²) in [6.45, 7) is 3.58. The van der Waals surface area contributed by atoms with Gasteiger partial charge in [0.15, 0.2) is 0 Å². The smallest absolute Gasteiger partial charge is 0.103 e. The largest absolute Gasteiger partial charge is 0.394 e. The van der Waals surface area contributed by atoms with Crippen LogP contribution in [0.15, 0.2) is 12.2 Å². The van der Waals surface area contributed by atoms with E-state index < -0.39 is 0 Å². The highest BCUT2D eigenvalue weighted by Crippen LogP contribution is 2.10. The summed E-state index contributed by atoms with van der Waals surface area (Å²) in [5, 5.41) is 8.96. The highest BCUT2D eigenvalue weighted by molar-refractivity contribution is 4.81. The fraction of sp³-hybridized carbons (Fsp3) is 0.909. The molecule has 0 spiro atoms. The maximum atomic E-state index is 8.96. The van der Waals surface area contributed by atoms with Crippen molar-refractivity contribution in [1.82, 2.24) is 0 Å². The molecule has 0 rings (SSSR count). The first-order chi connectivity index (χ1) is 12.3. The van der Waals surface area contributed by atoms with Gasteiger partial charge in [0.25, 0.3) is 0 Å². The molecule has 0 radical (unpaired) electrons. The first-order valence-electron chi connectivity index (χ1n) is 10.7. The molecule has 3 heteroatoms. The third kappa shape index (κ3) is 19.8. The van der Waals surface area contributed by atoms with E-state index in [0.717, 1.165) is 13.0 Å². The maximum absolute atomic E-state index is 8.96. The molecule has 0 aromatic rings. The quantitative estimate of drug-likeness (QED) is 0.213. The Morgan fingerprint density at radius 1 is 0.760 bits per heavy atom. The van der Waals surface area contributed by atoms with Crippen LogP contribution in [-0.2, 0) is 9.47 Å². The second-order valence-electron chi connectivity index (χ2n) is 7.05. The number of hydrogen-bond acceptors (Lipinski definition) is 3. The van der Waals surface area contributed by atoms with Gasteiger partial charge in [0, 0.05) is 13.7 Å². The molecule has 150 valence electrons. The first kappa shape index (κ1) is 24.6. The lowest BCUT2D eigenvalue weighted by Gasteiger charge is -2.12. The van der Waals surface area contributed by atoms with Crippen molar-refractivity contribution in [3.63, 3.8) is 0 Å². The van der Waals surface area contributed by atoms with Crippen molar-refractivity contribution in [3.05, 3.63) is 12.2 Å². The number of unbranched alkanes of at least 4 members (excludes halogenated alkanes) is 12. The van der Waals surface area contributed by atoms with Gasteiger partial charge < -0.3 is 14.6 Å². The third-order valence-electron chi connectivity index (χ3n) is 4.64. The van der Waals surface area contributed by atoms with Gasteiger partial charge in [-0.1, -0.05) is 76.9 Å². The molecule has 0 aromatic heterocycles. The fourth-order valence-electron chi connectivity index (χ4n) is 2.86. The van der Waals surface area contributed by atoms with E-state index in [1.165, 1.54) is 83.5 Å². The van der Waals surface area contributed by atoms with Crippen LogP contribution in [-0.4, -0.2) is 38.1 Å². The number of aliphatic hydroxyl groups is 1. The summed E-state index contributed by atoms with van der Waals surface area (Å²) >= 11 is 0. The lowest BCUT2D eigenvalue weighted by atomic mass is 10.1. The van der Waals surface area contributed by atoms with Crippen molar-refractivity contribution < 1.29 is 14.6 Å². The lowest BCUT2D eigenvalue weighted by molar-refractivity contribution is -0.0205.